The van der Waals surface area contributed by atoms with Gasteiger partial charge in [0.05, 0.1) is 0 Å². The Morgan fingerprint density at radius 2 is 2.07 bits per heavy atom. The molecule has 1 unspecified atom stereocenters. The zero-order valence-electron chi connectivity index (χ0n) is 10.2. The van der Waals surface area contributed by atoms with Crippen LogP contribution in [0, 0.1) is 0 Å². The number of carbonyl (C=O) groups excluding carboxylic acids is 1. The molecule has 1 rings (SSSR count). The minimum atomic E-state index is -1.77. The van der Waals surface area contributed by atoms with Gasteiger partial charge in [-0.1, -0.05) is 0 Å². The van der Waals surface area contributed by atoms with E-state index in [1.54, 1.807) is 0 Å². The van der Waals surface area contributed by atoms with Crippen LogP contribution in [-0.2, 0) is 9.22 Å². The number of rotatable bonds is 2. The van der Waals surface area contributed by atoms with E-state index in [9.17, 15) is 4.79 Å². The van der Waals surface area contributed by atoms with Crippen molar-refractivity contribution in [3.63, 3.8) is 0 Å². The summed E-state index contributed by atoms with van der Waals surface area (Å²) < 4.78 is 5.48. The molecule has 0 radical (unpaired) electrons. The van der Waals surface area contributed by atoms with Gasteiger partial charge in [-0.05, 0) is 33.5 Å². The molecule has 1 saturated heterocycles. The Bertz CT molecular complexity index is 250. The summed E-state index contributed by atoms with van der Waals surface area (Å²) in [7, 11) is -1.77. The summed E-state index contributed by atoms with van der Waals surface area (Å²) in [5, 5.41) is 3.26. The zero-order chi connectivity index (χ0) is 11.7. The Labute approximate surface area is 97.5 Å². The Morgan fingerprint density at radius 3 is 2.53 bits per heavy atom. The highest BCUT2D eigenvalue weighted by atomic mass is 32.2. The van der Waals surface area contributed by atoms with Crippen molar-refractivity contribution < 1.29 is 9.22 Å². The van der Waals surface area contributed by atoms with Gasteiger partial charge >= 0.3 is 5.97 Å². The van der Waals surface area contributed by atoms with Crippen LogP contribution in [0.4, 0.5) is 0 Å². The Balaban J connectivity index is 2.65. The number of carbonyl (C=O) groups is 1. The smallest absolute Gasteiger partial charge is 0.311 e. The molecule has 1 atom stereocenters. The van der Waals surface area contributed by atoms with Gasteiger partial charge in [-0.15, -0.1) is 0 Å². The van der Waals surface area contributed by atoms with E-state index in [4.69, 9.17) is 4.43 Å². The van der Waals surface area contributed by atoms with E-state index in [-0.39, 0.29) is 16.8 Å². The molecule has 0 aromatic carbocycles. The predicted molar refractivity (Wildman–Crippen MR) is 67.8 cm³/mol. The highest BCUT2D eigenvalue weighted by Crippen LogP contribution is 2.31. The Hall–Kier alpha value is -0.00312. The van der Waals surface area contributed by atoms with Crippen LogP contribution < -0.4 is 5.32 Å². The average molecular weight is 247 g/mol. The lowest BCUT2D eigenvalue weighted by Gasteiger charge is -2.38. The normalized spacial score (nSPS) is 26.1. The fourth-order valence-electron chi connectivity index (χ4n) is 1.57. The lowest BCUT2D eigenvalue weighted by atomic mass is 10.0. The molecule has 0 amide bonds. The third kappa shape index (κ3) is 3.81. The van der Waals surface area contributed by atoms with Gasteiger partial charge in [0.2, 0.25) is 8.32 Å². The van der Waals surface area contributed by atoms with Gasteiger partial charge in [-0.2, -0.15) is 11.8 Å². The Kier molecular flexibility index (Phi) is 3.89. The molecule has 88 valence electrons. The summed E-state index contributed by atoms with van der Waals surface area (Å²) in [5.41, 5.74) is 0. The largest absolute Gasteiger partial charge is 0.519 e. The molecule has 0 aliphatic carbocycles. The first kappa shape index (κ1) is 13.1. The molecule has 1 aliphatic rings. The molecule has 1 N–H and O–H groups in total. The first-order valence-electron chi connectivity index (χ1n) is 5.32. The third-order valence-corrected chi connectivity index (χ3v) is 4.46. The minimum absolute atomic E-state index is 0.0605. The molecule has 1 heterocycles. The monoisotopic (exact) mass is 247 g/mol. The molecular formula is C10H21NO2SSi. The van der Waals surface area contributed by atoms with Gasteiger partial charge in [-0.3, -0.25) is 4.79 Å². The van der Waals surface area contributed by atoms with Gasteiger partial charge in [0, 0.05) is 17.0 Å². The van der Waals surface area contributed by atoms with E-state index in [0.717, 1.165) is 12.3 Å². The minimum Gasteiger partial charge on any atom is -0.519 e. The molecule has 15 heavy (non-hydrogen) atoms. The number of hydrogen-bond donors (Lipinski definition) is 1. The molecule has 1 fully saturated rings. The Morgan fingerprint density at radius 1 is 1.47 bits per heavy atom. The first-order valence-corrected chi connectivity index (χ1v) is 9.72. The van der Waals surface area contributed by atoms with E-state index in [1.807, 2.05) is 31.4 Å². The van der Waals surface area contributed by atoms with Gasteiger partial charge < -0.3 is 9.74 Å². The van der Waals surface area contributed by atoms with Crippen molar-refractivity contribution in [1.29, 1.82) is 0 Å². The van der Waals surface area contributed by atoms with Crippen molar-refractivity contribution in [2.24, 2.45) is 0 Å². The topological polar surface area (TPSA) is 38.3 Å². The van der Waals surface area contributed by atoms with Crippen LogP contribution in [0.25, 0.3) is 0 Å². The molecule has 0 aromatic heterocycles. The van der Waals surface area contributed by atoms with E-state index < -0.39 is 8.32 Å². The van der Waals surface area contributed by atoms with Gasteiger partial charge in [0.1, 0.15) is 6.04 Å². The van der Waals surface area contributed by atoms with Gasteiger partial charge in [0.25, 0.3) is 0 Å². The molecular weight excluding hydrogens is 226 g/mol. The lowest BCUT2D eigenvalue weighted by molar-refractivity contribution is -0.138. The maximum Gasteiger partial charge on any atom is 0.311 e. The van der Waals surface area contributed by atoms with Gasteiger partial charge in [0.15, 0.2) is 0 Å². The molecule has 0 saturated carbocycles. The van der Waals surface area contributed by atoms with Gasteiger partial charge in [-0.25, -0.2) is 0 Å². The van der Waals surface area contributed by atoms with Crippen molar-refractivity contribution in [2.75, 3.05) is 12.3 Å². The molecule has 0 bridgehead atoms. The van der Waals surface area contributed by atoms with Crippen LogP contribution in [0.2, 0.25) is 19.6 Å². The molecule has 0 aromatic rings. The van der Waals surface area contributed by atoms with E-state index >= 15 is 0 Å². The lowest BCUT2D eigenvalue weighted by Crippen LogP contribution is -2.56. The fraction of sp³-hybridized carbons (Fsp3) is 0.900. The molecule has 1 aliphatic heterocycles. The molecule has 5 heteroatoms. The van der Waals surface area contributed by atoms with Crippen LogP contribution in [0.15, 0.2) is 0 Å². The summed E-state index contributed by atoms with van der Waals surface area (Å²) in [6, 6.07) is -0.164. The molecule has 3 nitrogen and oxygen atoms in total. The van der Waals surface area contributed by atoms with Crippen LogP contribution in [0.1, 0.15) is 13.8 Å². The van der Waals surface area contributed by atoms with Crippen LogP contribution >= 0.6 is 11.8 Å². The summed E-state index contributed by atoms with van der Waals surface area (Å²) >= 11 is 1.83. The maximum atomic E-state index is 12.0. The predicted octanol–water partition coefficient (Wildman–Crippen LogP) is 1.85. The van der Waals surface area contributed by atoms with Crippen LogP contribution in [0.3, 0.4) is 0 Å². The van der Waals surface area contributed by atoms with E-state index in [0.29, 0.717) is 0 Å². The van der Waals surface area contributed by atoms with Crippen molar-refractivity contribution in [2.45, 2.75) is 44.3 Å². The fourth-order valence-corrected chi connectivity index (χ4v) is 3.39. The van der Waals surface area contributed by atoms with E-state index in [1.165, 1.54) is 0 Å². The number of thioether (sulfide) groups is 1. The summed E-state index contributed by atoms with van der Waals surface area (Å²) in [5.74, 6) is 0.982. The standard InChI is InChI=1S/C10H21NO2SSi/c1-10(2)8(11-6-7-14-10)9(12)13-15(3,4)5/h8,11H,6-7H2,1-5H3. The highest BCUT2D eigenvalue weighted by molar-refractivity contribution is 8.00. The quantitative estimate of drug-likeness (QED) is 0.756. The highest BCUT2D eigenvalue weighted by Gasteiger charge is 2.40. The van der Waals surface area contributed by atoms with Crippen molar-refractivity contribution in [3.8, 4) is 0 Å². The van der Waals surface area contributed by atoms with Crippen molar-refractivity contribution in [1.82, 2.24) is 5.32 Å². The average Bonchev–Trinajstić information content (AvgIpc) is 1.99. The first-order chi connectivity index (χ1) is 6.72. The second-order valence-electron chi connectivity index (χ2n) is 5.37. The van der Waals surface area contributed by atoms with E-state index in [2.05, 4.69) is 19.2 Å². The SMILES string of the molecule is CC1(C)SCCNC1C(=O)O[Si](C)(C)C. The van der Waals surface area contributed by atoms with Crippen LogP contribution in [0.5, 0.6) is 0 Å². The summed E-state index contributed by atoms with van der Waals surface area (Å²) in [6.45, 7) is 11.2. The third-order valence-electron chi connectivity index (χ3n) is 2.26. The van der Waals surface area contributed by atoms with Crippen LogP contribution in [-0.4, -0.2) is 37.4 Å². The maximum absolute atomic E-state index is 12.0. The second kappa shape index (κ2) is 4.47. The number of nitrogens with one attached hydrogen (secondary N) is 1. The van der Waals surface area contributed by atoms with Crippen molar-refractivity contribution >= 4 is 26.0 Å². The van der Waals surface area contributed by atoms with Crippen molar-refractivity contribution in [3.05, 3.63) is 0 Å². The number of hydrogen-bond acceptors (Lipinski definition) is 4. The second-order valence-corrected chi connectivity index (χ2v) is 11.6. The molecule has 0 spiro atoms. The summed E-state index contributed by atoms with van der Waals surface area (Å²) in [4.78, 5) is 12.0. The zero-order valence-corrected chi connectivity index (χ0v) is 12.0. The summed E-state index contributed by atoms with van der Waals surface area (Å²) in [6.07, 6.45) is 0.